The second-order valence-corrected chi connectivity index (χ2v) is 5.63. The van der Waals surface area contributed by atoms with Crippen molar-refractivity contribution in [1.29, 1.82) is 0 Å². The van der Waals surface area contributed by atoms with Crippen LogP contribution >= 0.6 is 11.3 Å². The van der Waals surface area contributed by atoms with Crippen LogP contribution in [0.4, 0.5) is 0 Å². The second kappa shape index (κ2) is 7.22. The van der Waals surface area contributed by atoms with Crippen LogP contribution in [-0.4, -0.2) is 40.4 Å². The van der Waals surface area contributed by atoms with E-state index >= 15 is 0 Å². The van der Waals surface area contributed by atoms with Crippen molar-refractivity contribution in [2.24, 2.45) is 0 Å². The Labute approximate surface area is 107 Å². The summed E-state index contributed by atoms with van der Waals surface area (Å²) in [6.07, 6.45) is 1.59. The number of carbonyl (C=O) groups is 1. The van der Waals surface area contributed by atoms with Crippen LogP contribution in [0.5, 0.6) is 0 Å². The lowest BCUT2D eigenvalue weighted by atomic mass is 10.2. The Morgan fingerprint density at radius 3 is 3.06 bits per heavy atom. The fourth-order valence-electron chi connectivity index (χ4n) is 1.11. The van der Waals surface area contributed by atoms with Gasteiger partial charge in [0.15, 0.2) is 0 Å². The predicted molar refractivity (Wildman–Crippen MR) is 69.5 cm³/mol. The molecule has 1 amide bonds. The highest BCUT2D eigenvalue weighted by atomic mass is 32.2. The number of aliphatic hydroxyl groups is 1. The Bertz CT molecular complexity index is 471. The summed E-state index contributed by atoms with van der Waals surface area (Å²) >= 11 is 1.29. The van der Waals surface area contributed by atoms with Gasteiger partial charge in [-0.25, -0.2) is 0 Å². The van der Waals surface area contributed by atoms with Gasteiger partial charge in [0.1, 0.15) is 11.5 Å². The van der Waals surface area contributed by atoms with Crippen LogP contribution < -0.4 is 5.32 Å². The van der Waals surface area contributed by atoms with Gasteiger partial charge in [0.25, 0.3) is 5.91 Å². The average molecular weight is 271 g/mol. The first-order valence-corrected chi connectivity index (χ1v) is 7.51. The Kier molecular flexibility index (Phi) is 5.91. The zero-order valence-corrected chi connectivity index (χ0v) is 11.0. The highest BCUT2D eigenvalue weighted by Crippen LogP contribution is 2.15. The van der Waals surface area contributed by atoms with Gasteiger partial charge < -0.3 is 10.4 Å². The quantitative estimate of drug-likeness (QED) is 0.769. The minimum Gasteiger partial charge on any atom is -0.384 e. The summed E-state index contributed by atoms with van der Waals surface area (Å²) in [5.74, 6) is 5.44. The molecule has 0 spiro atoms. The van der Waals surface area contributed by atoms with Gasteiger partial charge in [-0.15, -0.1) is 11.3 Å². The molecule has 0 aliphatic rings. The van der Waals surface area contributed by atoms with Crippen LogP contribution in [0, 0.1) is 11.8 Å². The fourth-order valence-corrected chi connectivity index (χ4v) is 2.26. The summed E-state index contributed by atoms with van der Waals surface area (Å²) in [4.78, 5) is 12.3. The van der Waals surface area contributed by atoms with Crippen LogP contribution in [0.3, 0.4) is 0 Å². The van der Waals surface area contributed by atoms with Crippen LogP contribution in [0.15, 0.2) is 11.4 Å². The Balaban J connectivity index is 2.63. The molecule has 1 heterocycles. The molecule has 4 nitrogen and oxygen atoms in total. The van der Waals surface area contributed by atoms with Gasteiger partial charge in [-0.3, -0.25) is 9.00 Å². The zero-order chi connectivity index (χ0) is 12.7. The zero-order valence-electron chi connectivity index (χ0n) is 9.36. The molecule has 0 radical (unpaired) electrons. The SMILES string of the molecule is CS(=O)CCNC(=O)c1sccc1C#CCO. The molecule has 2 N–H and O–H groups in total. The molecule has 92 valence electrons. The van der Waals surface area contributed by atoms with Crippen molar-refractivity contribution in [3.05, 3.63) is 21.9 Å². The molecular weight excluding hydrogens is 258 g/mol. The smallest absolute Gasteiger partial charge is 0.262 e. The Hall–Kier alpha value is -1.16. The normalized spacial score (nSPS) is 11.4. The first-order chi connectivity index (χ1) is 8.15. The Morgan fingerprint density at radius 1 is 1.65 bits per heavy atom. The molecule has 1 atom stereocenters. The maximum Gasteiger partial charge on any atom is 0.262 e. The summed E-state index contributed by atoms with van der Waals surface area (Å²) in [6.45, 7) is 0.151. The van der Waals surface area contributed by atoms with Crippen molar-refractivity contribution in [1.82, 2.24) is 5.32 Å². The van der Waals surface area contributed by atoms with Gasteiger partial charge in [0.05, 0.1) is 0 Å². The van der Waals surface area contributed by atoms with Crippen LogP contribution in [-0.2, 0) is 10.8 Å². The molecule has 17 heavy (non-hydrogen) atoms. The van der Waals surface area contributed by atoms with Gasteiger partial charge in [0.2, 0.25) is 0 Å². The van der Waals surface area contributed by atoms with E-state index in [1.54, 1.807) is 17.7 Å². The maximum absolute atomic E-state index is 11.7. The molecule has 1 unspecified atom stereocenters. The largest absolute Gasteiger partial charge is 0.384 e. The molecule has 6 heteroatoms. The number of rotatable bonds is 4. The lowest BCUT2D eigenvalue weighted by Crippen LogP contribution is -2.27. The Morgan fingerprint density at radius 2 is 2.41 bits per heavy atom. The monoisotopic (exact) mass is 271 g/mol. The second-order valence-electron chi connectivity index (χ2n) is 3.16. The van der Waals surface area contributed by atoms with Gasteiger partial charge in [0, 0.05) is 34.9 Å². The third kappa shape index (κ3) is 4.69. The third-order valence-corrected chi connectivity index (χ3v) is 3.54. The lowest BCUT2D eigenvalue weighted by Gasteiger charge is -2.02. The third-order valence-electron chi connectivity index (χ3n) is 1.85. The van der Waals surface area contributed by atoms with E-state index in [2.05, 4.69) is 17.2 Å². The summed E-state index contributed by atoms with van der Waals surface area (Å²) in [5, 5.41) is 13.0. The molecule has 0 saturated heterocycles. The highest BCUT2D eigenvalue weighted by molar-refractivity contribution is 7.84. The van der Waals surface area contributed by atoms with E-state index in [4.69, 9.17) is 5.11 Å². The van der Waals surface area contributed by atoms with Gasteiger partial charge in [-0.1, -0.05) is 11.8 Å². The molecule has 1 rings (SSSR count). The number of amides is 1. The van der Waals surface area contributed by atoms with Crippen molar-refractivity contribution in [2.75, 3.05) is 25.2 Å². The highest BCUT2D eigenvalue weighted by Gasteiger charge is 2.11. The van der Waals surface area contributed by atoms with E-state index in [0.29, 0.717) is 22.7 Å². The predicted octanol–water partition coefficient (Wildman–Crippen LogP) is 0.200. The van der Waals surface area contributed by atoms with E-state index in [9.17, 15) is 9.00 Å². The molecule has 0 fully saturated rings. The number of carbonyl (C=O) groups excluding carboxylic acids is 1. The van der Waals surface area contributed by atoms with Crippen LogP contribution in [0.25, 0.3) is 0 Å². The molecular formula is C11H13NO3S2. The topological polar surface area (TPSA) is 66.4 Å². The summed E-state index contributed by atoms with van der Waals surface area (Å²) < 4.78 is 10.8. The summed E-state index contributed by atoms with van der Waals surface area (Å²) in [5.41, 5.74) is 0.610. The van der Waals surface area contributed by atoms with Crippen molar-refractivity contribution >= 4 is 28.0 Å². The molecule has 0 saturated carbocycles. The lowest BCUT2D eigenvalue weighted by molar-refractivity contribution is 0.0960. The van der Waals surface area contributed by atoms with Crippen molar-refractivity contribution in [2.45, 2.75) is 0 Å². The molecule has 0 aliphatic heterocycles. The van der Waals surface area contributed by atoms with Gasteiger partial charge in [-0.05, 0) is 11.4 Å². The van der Waals surface area contributed by atoms with Crippen molar-refractivity contribution in [3.63, 3.8) is 0 Å². The van der Waals surface area contributed by atoms with Gasteiger partial charge >= 0.3 is 0 Å². The standard InChI is InChI=1S/C11H13NO3S2/c1-17(15)8-5-12-11(14)10-9(3-2-6-13)4-7-16-10/h4,7,13H,5-6,8H2,1H3,(H,12,14). The number of hydrogen-bond donors (Lipinski definition) is 2. The van der Waals surface area contributed by atoms with E-state index < -0.39 is 10.8 Å². The molecule has 1 aromatic heterocycles. The summed E-state index contributed by atoms with van der Waals surface area (Å²) in [7, 11) is -0.911. The van der Waals surface area contributed by atoms with Crippen molar-refractivity contribution in [3.8, 4) is 11.8 Å². The van der Waals surface area contributed by atoms with Crippen LogP contribution in [0.1, 0.15) is 15.2 Å². The number of thiophene rings is 1. The van der Waals surface area contributed by atoms with E-state index in [-0.39, 0.29) is 12.5 Å². The first kappa shape index (κ1) is 13.9. The average Bonchev–Trinajstić information content (AvgIpc) is 2.73. The minimum absolute atomic E-state index is 0.215. The fraction of sp³-hybridized carbons (Fsp3) is 0.364. The van der Waals surface area contributed by atoms with E-state index in [1.807, 2.05) is 0 Å². The molecule has 0 bridgehead atoms. The summed E-state index contributed by atoms with van der Waals surface area (Å²) in [6, 6.07) is 1.74. The van der Waals surface area contributed by atoms with Crippen molar-refractivity contribution < 1.29 is 14.1 Å². The molecule has 1 aromatic rings. The maximum atomic E-state index is 11.7. The van der Waals surface area contributed by atoms with Gasteiger partial charge in [-0.2, -0.15) is 0 Å². The number of hydrogen-bond acceptors (Lipinski definition) is 4. The number of aliphatic hydroxyl groups excluding tert-OH is 1. The van der Waals surface area contributed by atoms with E-state index in [0.717, 1.165) is 0 Å². The number of nitrogens with one attached hydrogen (secondary N) is 1. The minimum atomic E-state index is -0.911. The first-order valence-electron chi connectivity index (χ1n) is 4.90. The van der Waals surface area contributed by atoms with E-state index in [1.165, 1.54) is 11.3 Å². The molecule has 0 aliphatic carbocycles. The molecule has 0 aromatic carbocycles. The van der Waals surface area contributed by atoms with Crippen LogP contribution in [0.2, 0.25) is 0 Å².